The second-order valence-electron chi connectivity index (χ2n) is 5.51. The Balaban J connectivity index is 1.58. The van der Waals surface area contributed by atoms with E-state index in [1.807, 2.05) is 42.5 Å². The highest BCUT2D eigenvalue weighted by molar-refractivity contribution is 7.99. The van der Waals surface area contributed by atoms with Gasteiger partial charge < -0.3 is 9.47 Å². The third-order valence-electron chi connectivity index (χ3n) is 3.66. The Hall–Kier alpha value is -2.58. The van der Waals surface area contributed by atoms with Crippen LogP contribution in [0.15, 0.2) is 48.5 Å². The van der Waals surface area contributed by atoms with Crippen LogP contribution in [0.2, 0.25) is 0 Å². The molecule has 0 saturated carbocycles. The minimum atomic E-state index is -0.0969. The molecular weight excluding hydrogens is 382 g/mol. The minimum absolute atomic E-state index is 0.0969. The highest BCUT2D eigenvalue weighted by atomic mass is 32.2. The molecule has 0 unspecified atom stereocenters. The van der Waals surface area contributed by atoms with Gasteiger partial charge in [0.15, 0.2) is 5.01 Å². The molecule has 0 spiro atoms. The van der Waals surface area contributed by atoms with Crippen LogP contribution in [0.1, 0.15) is 5.56 Å². The van der Waals surface area contributed by atoms with Gasteiger partial charge in [0.1, 0.15) is 11.5 Å². The van der Waals surface area contributed by atoms with Gasteiger partial charge in [-0.25, -0.2) is 0 Å². The molecule has 0 aliphatic heterocycles. The molecule has 2 aromatic carbocycles. The van der Waals surface area contributed by atoms with Crippen molar-refractivity contribution in [2.75, 3.05) is 25.3 Å². The van der Waals surface area contributed by atoms with Crippen LogP contribution in [-0.4, -0.2) is 36.1 Å². The number of carbonyl (C=O) groups excluding carboxylic acids is 1. The lowest BCUT2D eigenvalue weighted by Gasteiger charge is -2.07. The predicted molar refractivity (Wildman–Crippen MR) is 110 cm³/mol. The molecule has 0 fully saturated rings. The molecule has 0 saturated heterocycles. The van der Waals surface area contributed by atoms with Crippen LogP contribution in [0.5, 0.6) is 11.5 Å². The first kappa shape index (κ1) is 19.2. The van der Waals surface area contributed by atoms with E-state index in [0.717, 1.165) is 11.3 Å². The van der Waals surface area contributed by atoms with Crippen LogP contribution in [-0.2, 0) is 10.5 Å². The summed E-state index contributed by atoms with van der Waals surface area (Å²) in [4.78, 5) is 12.1. The Morgan fingerprint density at radius 1 is 1.11 bits per heavy atom. The summed E-state index contributed by atoms with van der Waals surface area (Å²) in [5.74, 6) is 2.39. The second kappa shape index (κ2) is 9.38. The van der Waals surface area contributed by atoms with E-state index in [2.05, 4.69) is 15.5 Å². The average molecular weight is 402 g/mol. The number of hydrogen-bond acceptors (Lipinski definition) is 7. The molecule has 3 aromatic rings. The fraction of sp³-hybridized carbons (Fsp3) is 0.211. The number of anilines is 1. The zero-order valence-electron chi connectivity index (χ0n) is 15.0. The SMILES string of the molecule is COc1ccc(-c2nnc(NC(=O)CSCc3ccccc3)s2)c(OC)c1. The van der Waals surface area contributed by atoms with Gasteiger partial charge in [0.25, 0.3) is 0 Å². The fourth-order valence-electron chi connectivity index (χ4n) is 2.35. The van der Waals surface area contributed by atoms with Gasteiger partial charge in [0.05, 0.1) is 25.5 Å². The van der Waals surface area contributed by atoms with Crippen molar-refractivity contribution in [3.8, 4) is 22.1 Å². The smallest absolute Gasteiger partial charge is 0.236 e. The number of methoxy groups -OCH3 is 2. The molecule has 0 atom stereocenters. The summed E-state index contributed by atoms with van der Waals surface area (Å²) >= 11 is 2.86. The van der Waals surface area contributed by atoms with Crippen molar-refractivity contribution >= 4 is 34.1 Å². The maximum Gasteiger partial charge on any atom is 0.236 e. The quantitative estimate of drug-likeness (QED) is 0.613. The van der Waals surface area contributed by atoms with Gasteiger partial charge in [-0.1, -0.05) is 41.7 Å². The van der Waals surface area contributed by atoms with Crippen LogP contribution in [0.4, 0.5) is 5.13 Å². The molecule has 1 amide bonds. The molecule has 3 rings (SSSR count). The van der Waals surface area contributed by atoms with Gasteiger partial charge in [0.2, 0.25) is 11.0 Å². The number of nitrogens with zero attached hydrogens (tertiary/aromatic N) is 2. The third kappa shape index (κ3) is 5.21. The summed E-state index contributed by atoms with van der Waals surface area (Å²) in [6.07, 6.45) is 0. The van der Waals surface area contributed by atoms with Gasteiger partial charge in [-0.2, -0.15) is 0 Å². The van der Waals surface area contributed by atoms with Crippen LogP contribution in [0.25, 0.3) is 10.6 Å². The van der Waals surface area contributed by atoms with Crippen molar-refractivity contribution in [1.82, 2.24) is 10.2 Å². The van der Waals surface area contributed by atoms with E-state index in [1.54, 1.807) is 32.0 Å². The Kier molecular flexibility index (Phi) is 6.67. The Labute approximate surface area is 165 Å². The van der Waals surface area contributed by atoms with Gasteiger partial charge in [-0.3, -0.25) is 10.1 Å². The molecule has 0 bridgehead atoms. The molecule has 27 heavy (non-hydrogen) atoms. The van der Waals surface area contributed by atoms with Crippen LogP contribution < -0.4 is 14.8 Å². The molecule has 1 aromatic heterocycles. The highest BCUT2D eigenvalue weighted by Gasteiger charge is 2.14. The van der Waals surface area contributed by atoms with Crippen LogP contribution in [0, 0.1) is 0 Å². The summed E-state index contributed by atoms with van der Waals surface area (Å²) in [5, 5.41) is 12.1. The van der Waals surface area contributed by atoms with Crippen LogP contribution in [0.3, 0.4) is 0 Å². The van der Waals surface area contributed by atoms with Gasteiger partial charge in [-0.15, -0.1) is 22.0 Å². The Morgan fingerprint density at radius 2 is 1.93 bits per heavy atom. The van der Waals surface area contributed by atoms with Crippen molar-refractivity contribution in [1.29, 1.82) is 0 Å². The lowest BCUT2D eigenvalue weighted by molar-refractivity contribution is -0.113. The number of aromatic nitrogens is 2. The molecule has 140 valence electrons. The summed E-state index contributed by atoms with van der Waals surface area (Å²) < 4.78 is 10.6. The van der Waals surface area contributed by atoms with E-state index in [-0.39, 0.29) is 5.91 Å². The lowest BCUT2D eigenvalue weighted by atomic mass is 10.2. The third-order valence-corrected chi connectivity index (χ3v) is 5.53. The topological polar surface area (TPSA) is 73.3 Å². The number of thioether (sulfide) groups is 1. The first-order valence-corrected chi connectivity index (χ1v) is 10.1. The van der Waals surface area contributed by atoms with Crippen molar-refractivity contribution in [3.63, 3.8) is 0 Å². The van der Waals surface area contributed by atoms with E-state index in [1.165, 1.54) is 16.9 Å². The van der Waals surface area contributed by atoms with Gasteiger partial charge >= 0.3 is 0 Å². The number of rotatable bonds is 8. The standard InChI is InChI=1S/C19H19N3O3S2/c1-24-14-8-9-15(16(10-14)25-2)18-21-22-19(27-18)20-17(23)12-26-11-13-6-4-3-5-7-13/h3-10H,11-12H2,1-2H3,(H,20,22,23). The normalized spacial score (nSPS) is 10.4. The monoisotopic (exact) mass is 401 g/mol. The number of nitrogens with one attached hydrogen (secondary N) is 1. The van der Waals surface area contributed by atoms with Gasteiger partial charge in [0, 0.05) is 11.8 Å². The Bertz CT molecular complexity index is 900. The maximum atomic E-state index is 12.1. The largest absolute Gasteiger partial charge is 0.497 e. The molecule has 1 heterocycles. The fourth-order valence-corrected chi connectivity index (χ4v) is 3.93. The molecule has 6 nitrogen and oxygen atoms in total. The molecule has 0 radical (unpaired) electrons. The minimum Gasteiger partial charge on any atom is -0.497 e. The first-order valence-electron chi connectivity index (χ1n) is 8.17. The highest BCUT2D eigenvalue weighted by Crippen LogP contribution is 2.35. The molecule has 0 aliphatic carbocycles. The average Bonchev–Trinajstić information content (AvgIpc) is 3.16. The molecule has 8 heteroatoms. The number of hydrogen-bond donors (Lipinski definition) is 1. The summed E-state index contributed by atoms with van der Waals surface area (Å²) in [6, 6.07) is 15.5. The second-order valence-corrected chi connectivity index (χ2v) is 7.47. The number of ether oxygens (including phenoxy) is 2. The predicted octanol–water partition coefficient (Wildman–Crippen LogP) is 4.09. The summed E-state index contributed by atoms with van der Waals surface area (Å²) in [7, 11) is 3.19. The van der Waals surface area contributed by atoms with E-state index < -0.39 is 0 Å². The van der Waals surface area contributed by atoms with Crippen molar-refractivity contribution in [3.05, 3.63) is 54.1 Å². The Morgan fingerprint density at radius 3 is 2.67 bits per heavy atom. The lowest BCUT2D eigenvalue weighted by Crippen LogP contribution is -2.13. The number of amides is 1. The van der Waals surface area contributed by atoms with E-state index in [9.17, 15) is 4.79 Å². The van der Waals surface area contributed by atoms with Crippen molar-refractivity contribution in [2.45, 2.75) is 5.75 Å². The molecular formula is C19H19N3O3S2. The molecule has 1 N–H and O–H groups in total. The van der Waals surface area contributed by atoms with E-state index >= 15 is 0 Å². The van der Waals surface area contributed by atoms with Gasteiger partial charge in [-0.05, 0) is 17.7 Å². The van der Waals surface area contributed by atoms with Crippen molar-refractivity contribution in [2.24, 2.45) is 0 Å². The zero-order valence-corrected chi connectivity index (χ0v) is 16.6. The van der Waals surface area contributed by atoms with Crippen molar-refractivity contribution < 1.29 is 14.3 Å². The van der Waals surface area contributed by atoms with E-state index in [4.69, 9.17) is 9.47 Å². The zero-order chi connectivity index (χ0) is 19.1. The van der Waals surface area contributed by atoms with Crippen LogP contribution >= 0.6 is 23.1 Å². The maximum absolute atomic E-state index is 12.1. The molecule has 0 aliphatic rings. The number of benzene rings is 2. The summed E-state index contributed by atoms with van der Waals surface area (Å²) in [5.41, 5.74) is 2.00. The number of carbonyl (C=O) groups is 1. The summed E-state index contributed by atoms with van der Waals surface area (Å²) in [6.45, 7) is 0. The first-order chi connectivity index (χ1) is 13.2. The van der Waals surface area contributed by atoms with E-state index in [0.29, 0.717) is 27.4 Å².